The molecule has 0 spiro atoms. The van der Waals surface area contributed by atoms with Gasteiger partial charge in [-0.15, -0.1) is 0 Å². The van der Waals surface area contributed by atoms with Crippen molar-refractivity contribution in [3.05, 3.63) is 65.7 Å². The Balaban J connectivity index is 1.46. The van der Waals surface area contributed by atoms with E-state index in [-0.39, 0.29) is 11.8 Å². The van der Waals surface area contributed by atoms with E-state index in [4.69, 9.17) is 0 Å². The molecule has 1 heterocycles. The molecule has 5 heteroatoms. The molecule has 5 nitrogen and oxygen atoms in total. The highest BCUT2D eigenvalue weighted by Gasteiger charge is 2.36. The van der Waals surface area contributed by atoms with Crippen LogP contribution in [0.1, 0.15) is 24.5 Å². The monoisotopic (exact) mass is 365 g/mol. The van der Waals surface area contributed by atoms with Crippen molar-refractivity contribution in [2.45, 2.75) is 32.4 Å². The van der Waals surface area contributed by atoms with E-state index in [1.54, 1.807) is 4.90 Å². The van der Waals surface area contributed by atoms with Crippen LogP contribution < -0.4 is 10.2 Å². The molecule has 0 fully saturated rings. The molecule has 1 aliphatic rings. The number of hydrogen-bond donors (Lipinski definition) is 1. The quantitative estimate of drug-likeness (QED) is 0.768. The first-order valence-electron chi connectivity index (χ1n) is 9.44. The Morgan fingerprint density at radius 1 is 1.11 bits per heavy atom. The van der Waals surface area contributed by atoms with Gasteiger partial charge in [-0.2, -0.15) is 0 Å². The number of fused-ring (bicyclic) bond motifs is 1. The number of para-hydroxylation sites is 1. The molecule has 1 unspecified atom stereocenters. The number of rotatable bonds is 7. The van der Waals surface area contributed by atoms with E-state index in [2.05, 4.69) is 29.4 Å². The molecule has 0 saturated carbocycles. The van der Waals surface area contributed by atoms with Crippen LogP contribution in [0.15, 0.2) is 54.6 Å². The third-order valence-electron chi connectivity index (χ3n) is 4.93. The molecule has 1 N–H and O–H groups in total. The standard InChI is InChI=1S/C22H27N3O2/c1-17(26)25-20-12-7-6-11-19(20)15-21(25)22(27)23-13-8-14-24(2)16-18-9-4-3-5-10-18/h3-7,9-12,21H,8,13-16H2,1-2H3,(H,23,27). The van der Waals surface area contributed by atoms with Crippen molar-refractivity contribution in [2.75, 3.05) is 25.0 Å². The maximum atomic E-state index is 12.6. The Kier molecular flexibility index (Phi) is 6.24. The van der Waals surface area contributed by atoms with Gasteiger partial charge in [-0.3, -0.25) is 14.5 Å². The summed E-state index contributed by atoms with van der Waals surface area (Å²) in [4.78, 5) is 28.6. The van der Waals surface area contributed by atoms with Crippen molar-refractivity contribution in [3.63, 3.8) is 0 Å². The van der Waals surface area contributed by atoms with Crippen LogP contribution in [0.2, 0.25) is 0 Å². The van der Waals surface area contributed by atoms with Gasteiger partial charge in [0.15, 0.2) is 0 Å². The van der Waals surface area contributed by atoms with Crippen molar-refractivity contribution in [2.24, 2.45) is 0 Å². The zero-order chi connectivity index (χ0) is 19.2. The SMILES string of the molecule is CC(=O)N1c2ccccc2CC1C(=O)NCCCN(C)Cc1ccccc1. The highest BCUT2D eigenvalue weighted by atomic mass is 16.2. The minimum absolute atomic E-state index is 0.0767. The van der Waals surface area contributed by atoms with Crippen molar-refractivity contribution in [1.29, 1.82) is 0 Å². The predicted octanol–water partition coefficient (Wildman–Crippen LogP) is 2.60. The van der Waals surface area contributed by atoms with Gasteiger partial charge in [0.25, 0.3) is 0 Å². The number of amides is 2. The van der Waals surface area contributed by atoms with Crippen LogP contribution in [0.5, 0.6) is 0 Å². The van der Waals surface area contributed by atoms with Gasteiger partial charge < -0.3 is 10.2 Å². The molecule has 2 aromatic rings. The first-order chi connectivity index (χ1) is 13.1. The lowest BCUT2D eigenvalue weighted by molar-refractivity contribution is -0.125. The Labute approximate surface area is 161 Å². The molecule has 142 valence electrons. The van der Waals surface area contributed by atoms with Crippen LogP contribution in [0.25, 0.3) is 0 Å². The molecular formula is C22H27N3O2. The molecule has 0 aliphatic carbocycles. The van der Waals surface area contributed by atoms with Gasteiger partial charge in [0.05, 0.1) is 0 Å². The summed E-state index contributed by atoms with van der Waals surface area (Å²) in [7, 11) is 2.08. The number of anilines is 1. The minimum Gasteiger partial charge on any atom is -0.354 e. The number of nitrogens with zero attached hydrogens (tertiary/aromatic N) is 2. The van der Waals surface area contributed by atoms with Crippen LogP contribution in [-0.4, -0.2) is 42.9 Å². The maximum Gasteiger partial charge on any atom is 0.243 e. The number of carbonyl (C=O) groups excluding carboxylic acids is 2. The van der Waals surface area contributed by atoms with E-state index < -0.39 is 6.04 Å². The molecule has 3 rings (SSSR count). The van der Waals surface area contributed by atoms with Crippen molar-refractivity contribution in [3.8, 4) is 0 Å². The fraction of sp³-hybridized carbons (Fsp3) is 0.364. The van der Waals surface area contributed by atoms with Crippen LogP contribution in [0.3, 0.4) is 0 Å². The molecule has 0 bridgehead atoms. The number of hydrogen-bond acceptors (Lipinski definition) is 3. The van der Waals surface area contributed by atoms with Gasteiger partial charge in [0.1, 0.15) is 6.04 Å². The lowest BCUT2D eigenvalue weighted by Gasteiger charge is -2.23. The molecule has 1 aliphatic heterocycles. The maximum absolute atomic E-state index is 12.6. The summed E-state index contributed by atoms with van der Waals surface area (Å²) >= 11 is 0. The molecule has 2 amide bonds. The first kappa shape index (κ1) is 19.1. The summed E-state index contributed by atoms with van der Waals surface area (Å²) in [6.07, 6.45) is 1.45. The summed E-state index contributed by atoms with van der Waals surface area (Å²) in [5.74, 6) is -0.171. The first-order valence-corrected chi connectivity index (χ1v) is 9.44. The molecule has 0 saturated heterocycles. The van der Waals surface area contributed by atoms with Gasteiger partial charge in [-0.1, -0.05) is 48.5 Å². The minimum atomic E-state index is -0.443. The molecule has 27 heavy (non-hydrogen) atoms. The number of carbonyl (C=O) groups is 2. The Morgan fingerprint density at radius 2 is 1.81 bits per heavy atom. The lowest BCUT2D eigenvalue weighted by atomic mass is 10.1. The highest BCUT2D eigenvalue weighted by molar-refractivity contribution is 6.02. The Morgan fingerprint density at radius 3 is 2.56 bits per heavy atom. The number of benzene rings is 2. The average molecular weight is 365 g/mol. The largest absolute Gasteiger partial charge is 0.354 e. The smallest absolute Gasteiger partial charge is 0.243 e. The molecule has 0 aromatic heterocycles. The Bertz CT molecular complexity index is 791. The topological polar surface area (TPSA) is 52.7 Å². The normalized spacial score (nSPS) is 15.7. The van der Waals surface area contributed by atoms with Crippen LogP contribution in [0.4, 0.5) is 5.69 Å². The lowest BCUT2D eigenvalue weighted by Crippen LogP contribution is -2.47. The summed E-state index contributed by atoms with van der Waals surface area (Å²) in [5.41, 5.74) is 3.19. The molecule has 0 radical (unpaired) electrons. The van der Waals surface area contributed by atoms with E-state index in [9.17, 15) is 9.59 Å². The van der Waals surface area contributed by atoms with Crippen LogP contribution in [0, 0.1) is 0 Å². The zero-order valence-electron chi connectivity index (χ0n) is 16.0. The van der Waals surface area contributed by atoms with E-state index >= 15 is 0 Å². The van der Waals surface area contributed by atoms with Crippen molar-refractivity contribution < 1.29 is 9.59 Å². The van der Waals surface area contributed by atoms with Gasteiger partial charge in [-0.25, -0.2) is 0 Å². The van der Waals surface area contributed by atoms with Gasteiger partial charge >= 0.3 is 0 Å². The second-order valence-electron chi connectivity index (χ2n) is 7.11. The summed E-state index contributed by atoms with van der Waals surface area (Å²) in [6, 6.07) is 17.6. The second-order valence-corrected chi connectivity index (χ2v) is 7.11. The average Bonchev–Trinajstić information content (AvgIpc) is 3.06. The highest BCUT2D eigenvalue weighted by Crippen LogP contribution is 2.32. The summed E-state index contributed by atoms with van der Waals surface area (Å²) in [5, 5.41) is 3.00. The number of nitrogens with one attached hydrogen (secondary N) is 1. The van der Waals surface area contributed by atoms with Crippen molar-refractivity contribution >= 4 is 17.5 Å². The third-order valence-corrected chi connectivity index (χ3v) is 4.93. The zero-order valence-corrected chi connectivity index (χ0v) is 16.0. The third kappa shape index (κ3) is 4.74. The Hall–Kier alpha value is -2.66. The fourth-order valence-corrected chi connectivity index (χ4v) is 3.64. The van der Waals surface area contributed by atoms with E-state index in [0.717, 1.165) is 30.8 Å². The van der Waals surface area contributed by atoms with Crippen LogP contribution in [-0.2, 0) is 22.6 Å². The van der Waals surface area contributed by atoms with Crippen molar-refractivity contribution in [1.82, 2.24) is 10.2 Å². The summed E-state index contributed by atoms with van der Waals surface area (Å²) < 4.78 is 0. The van der Waals surface area contributed by atoms with Gasteiger partial charge in [0, 0.05) is 32.1 Å². The van der Waals surface area contributed by atoms with E-state index in [0.29, 0.717) is 13.0 Å². The predicted molar refractivity (Wildman–Crippen MR) is 107 cm³/mol. The second kappa shape index (κ2) is 8.82. The fourth-order valence-electron chi connectivity index (χ4n) is 3.64. The van der Waals surface area contributed by atoms with Gasteiger partial charge in [0.2, 0.25) is 11.8 Å². The van der Waals surface area contributed by atoms with E-state index in [1.807, 2.05) is 42.5 Å². The molecule has 1 atom stereocenters. The molecular weight excluding hydrogens is 338 g/mol. The summed E-state index contributed by atoms with van der Waals surface area (Å²) in [6.45, 7) is 3.92. The van der Waals surface area contributed by atoms with Gasteiger partial charge in [-0.05, 0) is 37.2 Å². The van der Waals surface area contributed by atoms with E-state index in [1.165, 1.54) is 12.5 Å². The van der Waals surface area contributed by atoms with Crippen LogP contribution >= 0.6 is 0 Å². The molecule has 2 aromatic carbocycles.